The lowest BCUT2D eigenvalue weighted by Crippen LogP contribution is -2.27. The van der Waals surface area contributed by atoms with Gasteiger partial charge in [-0.15, -0.1) is 5.10 Å². The number of carbonyl (C=O) groups excluding carboxylic acids is 2. The van der Waals surface area contributed by atoms with Gasteiger partial charge in [0, 0.05) is 20.6 Å². The monoisotopic (exact) mass is 332 g/mol. The van der Waals surface area contributed by atoms with E-state index in [9.17, 15) is 9.59 Å². The second-order valence-corrected chi connectivity index (χ2v) is 5.25. The van der Waals surface area contributed by atoms with Crippen LogP contribution in [0.15, 0.2) is 30.5 Å². The molecule has 0 unspecified atom stereocenters. The zero-order valence-corrected chi connectivity index (χ0v) is 13.8. The van der Waals surface area contributed by atoms with Crippen molar-refractivity contribution in [2.24, 2.45) is 0 Å². The highest BCUT2D eigenvalue weighted by Gasteiger charge is 2.09. The number of urea groups is 1. The Balaban J connectivity index is 1.81. The summed E-state index contributed by atoms with van der Waals surface area (Å²) in [4.78, 5) is 24.8. The average molecular weight is 332 g/mol. The van der Waals surface area contributed by atoms with Crippen molar-refractivity contribution in [3.63, 3.8) is 0 Å². The van der Waals surface area contributed by atoms with E-state index in [0.29, 0.717) is 6.54 Å². The molecule has 0 spiro atoms. The highest BCUT2D eigenvalue weighted by Crippen LogP contribution is 2.10. The van der Waals surface area contributed by atoms with Gasteiger partial charge in [-0.25, -0.2) is 9.48 Å². The molecule has 0 atom stereocenters. The van der Waals surface area contributed by atoms with Crippen LogP contribution >= 0.6 is 0 Å². The fraction of sp³-hybridized carbons (Fsp3) is 0.333. The standard InChI is InChI=1S/C15H20N6O3/c1-20(2)15(23)17-13-9-21(19-18-13)10-14(22)16-8-11-4-6-12(24-3)7-5-11/h4-7,9H,8,10H2,1-3H3,(H,16,22)(H,17,23). The highest BCUT2D eigenvalue weighted by atomic mass is 16.5. The summed E-state index contributed by atoms with van der Waals surface area (Å²) in [5.41, 5.74) is 0.960. The lowest BCUT2D eigenvalue weighted by Gasteiger charge is -2.09. The number of carbonyl (C=O) groups is 2. The van der Waals surface area contributed by atoms with Gasteiger partial charge in [-0.05, 0) is 17.7 Å². The van der Waals surface area contributed by atoms with E-state index in [0.717, 1.165) is 11.3 Å². The molecule has 0 aliphatic carbocycles. The number of hydrogen-bond acceptors (Lipinski definition) is 5. The molecule has 0 aliphatic rings. The van der Waals surface area contributed by atoms with E-state index in [2.05, 4.69) is 20.9 Å². The van der Waals surface area contributed by atoms with Crippen molar-refractivity contribution in [3.8, 4) is 5.75 Å². The molecule has 0 radical (unpaired) electrons. The Kier molecular flexibility index (Phi) is 5.72. The van der Waals surface area contributed by atoms with Gasteiger partial charge in [-0.2, -0.15) is 0 Å². The Bertz CT molecular complexity index is 695. The number of anilines is 1. The van der Waals surface area contributed by atoms with Crippen molar-refractivity contribution < 1.29 is 14.3 Å². The second kappa shape index (κ2) is 7.95. The predicted octanol–water partition coefficient (Wildman–Crippen LogP) is 0.697. The molecule has 0 fully saturated rings. The van der Waals surface area contributed by atoms with Gasteiger partial charge in [0.15, 0.2) is 5.82 Å². The summed E-state index contributed by atoms with van der Waals surface area (Å²) in [5, 5.41) is 12.9. The molecular weight excluding hydrogens is 312 g/mol. The molecule has 2 N–H and O–H groups in total. The van der Waals surface area contributed by atoms with E-state index < -0.39 is 0 Å². The third-order valence-electron chi connectivity index (χ3n) is 3.13. The first-order valence-corrected chi connectivity index (χ1v) is 7.26. The number of amides is 3. The van der Waals surface area contributed by atoms with Crippen LogP contribution in [0.4, 0.5) is 10.6 Å². The van der Waals surface area contributed by atoms with E-state index in [1.807, 2.05) is 24.3 Å². The zero-order chi connectivity index (χ0) is 17.5. The molecule has 1 aromatic heterocycles. The minimum atomic E-state index is -0.314. The number of methoxy groups -OCH3 is 1. The van der Waals surface area contributed by atoms with Crippen LogP contribution in [0.5, 0.6) is 5.75 Å². The zero-order valence-electron chi connectivity index (χ0n) is 13.8. The van der Waals surface area contributed by atoms with Gasteiger partial charge < -0.3 is 15.0 Å². The van der Waals surface area contributed by atoms with Crippen LogP contribution < -0.4 is 15.4 Å². The average Bonchev–Trinajstić information content (AvgIpc) is 3.00. The van der Waals surface area contributed by atoms with E-state index in [-0.39, 0.29) is 24.3 Å². The van der Waals surface area contributed by atoms with E-state index in [1.165, 1.54) is 15.8 Å². The summed E-state index contributed by atoms with van der Waals surface area (Å²) in [5.74, 6) is 0.845. The van der Waals surface area contributed by atoms with Crippen LogP contribution in [0.3, 0.4) is 0 Å². The highest BCUT2D eigenvalue weighted by molar-refractivity contribution is 5.87. The van der Waals surface area contributed by atoms with E-state index in [4.69, 9.17) is 4.74 Å². The van der Waals surface area contributed by atoms with Gasteiger partial charge in [-0.3, -0.25) is 10.1 Å². The summed E-state index contributed by atoms with van der Waals surface area (Å²) in [6.07, 6.45) is 1.49. The van der Waals surface area contributed by atoms with Crippen molar-refractivity contribution in [1.29, 1.82) is 0 Å². The number of hydrogen-bond donors (Lipinski definition) is 2. The van der Waals surface area contributed by atoms with Gasteiger partial charge >= 0.3 is 6.03 Å². The Hall–Kier alpha value is -3.10. The van der Waals surface area contributed by atoms with Gasteiger partial charge in [0.05, 0.1) is 13.3 Å². The van der Waals surface area contributed by atoms with Gasteiger partial charge in [0.25, 0.3) is 0 Å². The smallest absolute Gasteiger partial charge is 0.322 e. The molecule has 2 aromatic rings. The molecule has 0 saturated carbocycles. The molecular formula is C15H20N6O3. The first kappa shape index (κ1) is 17.3. The van der Waals surface area contributed by atoms with Crippen LogP contribution in [0.1, 0.15) is 5.56 Å². The molecule has 0 bridgehead atoms. The largest absolute Gasteiger partial charge is 0.497 e. The molecule has 9 heteroatoms. The van der Waals surface area contributed by atoms with Crippen LogP contribution in [0.2, 0.25) is 0 Å². The molecule has 128 valence electrons. The molecule has 1 aromatic carbocycles. The van der Waals surface area contributed by atoms with Crippen molar-refractivity contribution in [3.05, 3.63) is 36.0 Å². The quantitative estimate of drug-likeness (QED) is 0.811. The lowest BCUT2D eigenvalue weighted by molar-refractivity contribution is -0.122. The molecule has 1 heterocycles. The van der Waals surface area contributed by atoms with Crippen molar-refractivity contribution in [2.45, 2.75) is 13.1 Å². The lowest BCUT2D eigenvalue weighted by atomic mass is 10.2. The fourth-order valence-corrected chi connectivity index (χ4v) is 1.80. The molecule has 0 aliphatic heterocycles. The second-order valence-electron chi connectivity index (χ2n) is 5.25. The topological polar surface area (TPSA) is 101 Å². The molecule has 2 rings (SSSR count). The molecule has 3 amide bonds. The van der Waals surface area contributed by atoms with Crippen LogP contribution in [0.25, 0.3) is 0 Å². The summed E-state index contributed by atoms with van der Waals surface area (Å²) < 4.78 is 6.44. The van der Waals surface area contributed by atoms with Crippen molar-refractivity contribution >= 4 is 17.8 Å². The maximum Gasteiger partial charge on any atom is 0.322 e. The van der Waals surface area contributed by atoms with E-state index in [1.54, 1.807) is 21.2 Å². The first-order valence-electron chi connectivity index (χ1n) is 7.26. The molecule has 9 nitrogen and oxygen atoms in total. The SMILES string of the molecule is COc1ccc(CNC(=O)Cn2cc(NC(=O)N(C)C)nn2)cc1. The van der Waals surface area contributed by atoms with Gasteiger partial charge in [0.1, 0.15) is 12.3 Å². The van der Waals surface area contributed by atoms with Crippen LogP contribution in [-0.4, -0.2) is 53.0 Å². The number of aromatic nitrogens is 3. The fourth-order valence-electron chi connectivity index (χ4n) is 1.80. The summed E-state index contributed by atoms with van der Waals surface area (Å²) in [6, 6.07) is 7.11. The first-order chi connectivity index (χ1) is 11.5. The minimum absolute atomic E-state index is 0.0149. The third-order valence-corrected chi connectivity index (χ3v) is 3.13. The predicted molar refractivity (Wildman–Crippen MR) is 87.6 cm³/mol. The summed E-state index contributed by atoms with van der Waals surface area (Å²) in [7, 11) is 4.84. The number of nitrogens with one attached hydrogen (secondary N) is 2. The Labute approximate surface area is 139 Å². The van der Waals surface area contributed by atoms with Gasteiger partial charge in [0.2, 0.25) is 5.91 Å². The van der Waals surface area contributed by atoms with Crippen molar-refractivity contribution in [1.82, 2.24) is 25.2 Å². The van der Waals surface area contributed by atoms with E-state index >= 15 is 0 Å². The Morgan fingerprint density at radius 1 is 1.25 bits per heavy atom. The number of benzene rings is 1. The minimum Gasteiger partial charge on any atom is -0.497 e. The molecule has 24 heavy (non-hydrogen) atoms. The van der Waals surface area contributed by atoms with Crippen LogP contribution in [-0.2, 0) is 17.9 Å². The summed E-state index contributed by atoms with van der Waals surface area (Å²) in [6.45, 7) is 0.419. The van der Waals surface area contributed by atoms with Gasteiger partial charge in [-0.1, -0.05) is 17.3 Å². The summed E-state index contributed by atoms with van der Waals surface area (Å²) >= 11 is 0. The Morgan fingerprint density at radius 3 is 2.58 bits per heavy atom. The third kappa shape index (κ3) is 4.97. The Morgan fingerprint density at radius 2 is 1.96 bits per heavy atom. The maximum absolute atomic E-state index is 11.9. The maximum atomic E-state index is 11.9. The van der Waals surface area contributed by atoms with Crippen molar-refractivity contribution in [2.75, 3.05) is 26.5 Å². The van der Waals surface area contributed by atoms with Crippen LogP contribution in [0, 0.1) is 0 Å². The normalized spacial score (nSPS) is 10.1. The number of ether oxygens (including phenoxy) is 1. The number of rotatable bonds is 6. The molecule has 0 saturated heterocycles. The number of nitrogens with zero attached hydrogens (tertiary/aromatic N) is 4.